The van der Waals surface area contributed by atoms with Crippen LogP contribution >= 0.6 is 0 Å². The number of aliphatic carboxylic acids is 1. The topological polar surface area (TPSA) is 61.4 Å². The number of rotatable bonds is 2. The van der Waals surface area contributed by atoms with Crippen LogP contribution in [0.2, 0.25) is 0 Å². The fourth-order valence-electron chi connectivity index (χ4n) is 1.45. The lowest BCUT2D eigenvalue weighted by Gasteiger charge is -2.02. The summed E-state index contributed by atoms with van der Waals surface area (Å²) in [5.74, 6) is -0.934. The van der Waals surface area contributed by atoms with Gasteiger partial charge in [-0.15, -0.1) is 0 Å². The first kappa shape index (κ1) is 8.77. The van der Waals surface area contributed by atoms with Gasteiger partial charge in [0.25, 0.3) is 0 Å². The van der Waals surface area contributed by atoms with Crippen molar-refractivity contribution in [2.24, 2.45) is 0 Å². The predicted molar refractivity (Wildman–Crippen MR) is 52.7 cm³/mol. The number of nitrogens with one attached hydrogen (secondary N) is 2. The Balaban J connectivity index is 2.22. The number of carboxylic acids is 1. The van der Waals surface area contributed by atoms with E-state index in [1.807, 2.05) is 24.3 Å². The standard InChI is InChI=1S/C10H10N2O2/c13-10(14)6-5-9-7-3-1-2-4-8(7)11-12-9/h1-6,9,11-12H,(H,13,14)/b6-5+. The molecule has 0 saturated carbocycles. The lowest BCUT2D eigenvalue weighted by atomic mass is 10.1. The zero-order chi connectivity index (χ0) is 9.97. The third-order valence-electron chi connectivity index (χ3n) is 2.09. The van der Waals surface area contributed by atoms with Gasteiger partial charge in [-0.3, -0.25) is 0 Å². The zero-order valence-electron chi connectivity index (χ0n) is 7.40. The molecule has 0 bridgehead atoms. The van der Waals surface area contributed by atoms with Gasteiger partial charge in [0.2, 0.25) is 0 Å². The number of benzene rings is 1. The van der Waals surface area contributed by atoms with E-state index in [2.05, 4.69) is 10.9 Å². The maximum absolute atomic E-state index is 10.3. The summed E-state index contributed by atoms with van der Waals surface area (Å²) >= 11 is 0. The summed E-state index contributed by atoms with van der Waals surface area (Å²) in [5.41, 5.74) is 8.01. The molecule has 14 heavy (non-hydrogen) atoms. The maximum Gasteiger partial charge on any atom is 0.328 e. The summed E-state index contributed by atoms with van der Waals surface area (Å²) in [6.45, 7) is 0. The molecular weight excluding hydrogens is 180 g/mol. The number of para-hydroxylation sites is 1. The molecule has 1 aromatic rings. The average Bonchev–Trinajstić information content (AvgIpc) is 2.58. The van der Waals surface area contributed by atoms with Crippen LogP contribution in [0.1, 0.15) is 11.6 Å². The lowest BCUT2D eigenvalue weighted by Crippen LogP contribution is -2.17. The summed E-state index contributed by atoms with van der Waals surface area (Å²) in [6, 6.07) is 7.68. The summed E-state index contributed by atoms with van der Waals surface area (Å²) in [5, 5.41) is 8.49. The molecule has 1 unspecified atom stereocenters. The number of hydrogen-bond acceptors (Lipinski definition) is 3. The largest absolute Gasteiger partial charge is 0.478 e. The van der Waals surface area contributed by atoms with Crippen molar-refractivity contribution in [3.8, 4) is 0 Å². The smallest absolute Gasteiger partial charge is 0.328 e. The summed E-state index contributed by atoms with van der Waals surface area (Å²) in [7, 11) is 0. The molecule has 2 rings (SSSR count). The number of carbonyl (C=O) groups is 1. The molecule has 4 heteroatoms. The minimum atomic E-state index is -0.934. The fourth-order valence-corrected chi connectivity index (χ4v) is 1.45. The predicted octanol–water partition coefficient (Wildman–Crippen LogP) is 1.30. The van der Waals surface area contributed by atoms with Gasteiger partial charge in [0.15, 0.2) is 0 Å². The van der Waals surface area contributed by atoms with E-state index in [0.717, 1.165) is 17.3 Å². The Morgan fingerprint density at radius 3 is 3.00 bits per heavy atom. The molecule has 1 aliphatic heterocycles. The number of hydrazine groups is 1. The van der Waals surface area contributed by atoms with Gasteiger partial charge in [-0.2, -0.15) is 0 Å². The third kappa shape index (κ3) is 1.60. The highest BCUT2D eigenvalue weighted by molar-refractivity contribution is 5.80. The molecule has 4 nitrogen and oxygen atoms in total. The van der Waals surface area contributed by atoms with Crippen LogP contribution in [0.3, 0.4) is 0 Å². The quantitative estimate of drug-likeness (QED) is 0.615. The number of fused-ring (bicyclic) bond motifs is 1. The van der Waals surface area contributed by atoms with E-state index in [4.69, 9.17) is 5.11 Å². The molecule has 1 aliphatic rings. The van der Waals surface area contributed by atoms with Crippen LogP contribution in [-0.4, -0.2) is 11.1 Å². The van der Waals surface area contributed by atoms with Crippen LogP contribution in [0.5, 0.6) is 0 Å². The van der Waals surface area contributed by atoms with Gasteiger partial charge in [-0.25, -0.2) is 10.2 Å². The molecular formula is C10H10N2O2. The average molecular weight is 190 g/mol. The molecule has 1 aromatic carbocycles. The molecule has 0 amide bonds. The zero-order valence-corrected chi connectivity index (χ0v) is 7.40. The minimum Gasteiger partial charge on any atom is -0.478 e. The Morgan fingerprint density at radius 2 is 2.21 bits per heavy atom. The van der Waals surface area contributed by atoms with Gasteiger partial charge in [0.05, 0.1) is 11.7 Å². The second-order valence-electron chi connectivity index (χ2n) is 3.03. The minimum absolute atomic E-state index is 0.0673. The molecule has 3 N–H and O–H groups in total. The summed E-state index contributed by atoms with van der Waals surface area (Å²) in [6.07, 6.45) is 2.75. The highest BCUT2D eigenvalue weighted by atomic mass is 16.4. The van der Waals surface area contributed by atoms with Crippen molar-refractivity contribution in [1.82, 2.24) is 5.43 Å². The van der Waals surface area contributed by atoms with Crippen LogP contribution in [0, 0.1) is 0 Å². The van der Waals surface area contributed by atoms with Crippen LogP contribution in [0.25, 0.3) is 0 Å². The van der Waals surface area contributed by atoms with Crippen LogP contribution in [0.4, 0.5) is 5.69 Å². The Morgan fingerprint density at radius 1 is 1.43 bits per heavy atom. The summed E-state index contributed by atoms with van der Waals surface area (Å²) < 4.78 is 0. The van der Waals surface area contributed by atoms with Gasteiger partial charge in [-0.05, 0) is 11.6 Å². The first-order valence-electron chi connectivity index (χ1n) is 4.29. The van der Waals surface area contributed by atoms with Gasteiger partial charge >= 0.3 is 5.97 Å². The Labute approximate surface area is 81.2 Å². The van der Waals surface area contributed by atoms with Crippen molar-refractivity contribution < 1.29 is 9.90 Å². The maximum atomic E-state index is 10.3. The second-order valence-corrected chi connectivity index (χ2v) is 3.03. The molecule has 1 heterocycles. The monoisotopic (exact) mass is 190 g/mol. The highest BCUT2D eigenvalue weighted by Gasteiger charge is 2.17. The van der Waals surface area contributed by atoms with E-state index < -0.39 is 5.97 Å². The van der Waals surface area contributed by atoms with E-state index >= 15 is 0 Å². The third-order valence-corrected chi connectivity index (χ3v) is 2.09. The number of hydrogen-bond donors (Lipinski definition) is 3. The highest BCUT2D eigenvalue weighted by Crippen LogP contribution is 2.28. The van der Waals surface area contributed by atoms with E-state index in [0.29, 0.717) is 0 Å². The van der Waals surface area contributed by atoms with Crippen molar-refractivity contribution >= 4 is 11.7 Å². The molecule has 0 radical (unpaired) electrons. The van der Waals surface area contributed by atoms with Gasteiger partial charge < -0.3 is 10.5 Å². The second kappa shape index (κ2) is 3.51. The number of carboxylic acid groups (broad SMARTS) is 1. The van der Waals surface area contributed by atoms with E-state index in [-0.39, 0.29) is 6.04 Å². The van der Waals surface area contributed by atoms with Gasteiger partial charge in [0, 0.05) is 6.08 Å². The molecule has 0 aromatic heterocycles. The van der Waals surface area contributed by atoms with Crippen molar-refractivity contribution in [3.63, 3.8) is 0 Å². The van der Waals surface area contributed by atoms with Crippen LogP contribution < -0.4 is 10.9 Å². The summed E-state index contributed by atoms with van der Waals surface area (Å²) in [4.78, 5) is 10.3. The molecule has 0 saturated heterocycles. The Hall–Kier alpha value is -1.81. The van der Waals surface area contributed by atoms with Crippen molar-refractivity contribution in [1.29, 1.82) is 0 Å². The lowest BCUT2D eigenvalue weighted by molar-refractivity contribution is -0.131. The molecule has 1 atom stereocenters. The van der Waals surface area contributed by atoms with E-state index in [9.17, 15) is 4.79 Å². The molecule has 72 valence electrons. The SMILES string of the molecule is O=C(O)/C=C/C1NNc2ccccc21. The molecule has 0 spiro atoms. The fraction of sp³-hybridized carbons (Fsp3) is 0.100. The normalized spacial score (nSPS) is 19.3. The van der Waals surface area contributed by atoms with Gasteiger partial charge in [0.1, 0.15) is 0 Å². The van der Waals surface area contributed by atoms with Crippen molar-refractivity contribution in [2.75, 3.05) is 5.43 Å². The first-order chi connectivity index (χ1) is 6.77. The van der Waals surface area contributed by atoms with Gasteiger partial charge in [-0.1, -0.05) is 24.3 Å². The molecule has 0 fully saturated rings. The number of anilines is 1. The molecule has 0 aliphatic carbocycles. The Bertz CT molecular complexity index is 387. The van der Waals surface area contributed by atoms with Crippen LogP contribution in [-0.2, 0) is 4.79 Å². The van der Waals surface area contributed by atoms with E-state index in [1.54, 1.807) is 6.08 Å². The van der Waals surface area contributed by atoms with Crippen LogP contribution in [0.15, 0.2) is 36.4 Å². The first-order valence-corrected chi connectivity index (χ1v) is 4.29. The van der Waals surface area contributed by atoms with Crippen molar-refractivity contribution in [3.05, 3.63) is 42.0 Å². The Kier molecular flexibility index (Phi) is 2.20. The van der Waals surface area contributed by atoms with Crippen molar-refractivity contribution in [2.45, 2.75) is 6.04 Å². The van der Waals surface area contributed by atoms with E-state index in [1.165, 1.54) is 0 Å².